The van der Waals surface area contributed by atoms with Crippen molar-refractivity contribution in [1.82, 2.24) is 5.32 Å². The van der Waals surface area contributed by atoms with Crippen LogP contribution in [0.25, 0.3) is 0 Å². The number of hydrogen-bond acceptors (Lipinski definition) is 3. The number of halogens is 1. The molecule has 0 saturated heterocycles. The van der Waals surface area contributed by atoms with E-state index in [4.69, 9.17) is 0 Å². The van der Waals surface area contributed by atoms with Gasteiger partial charge in [-0.05, 0) is 46.4 Å². The summed E-state index contributed by atoms with van der Waals surface area (Å²) >= 11 is 0. The quantitative estimate of drug-likeness (QED) is 0.806. The molecule has 0 aliphatic heterocycles. The summed E-state index contributed by atoms with van der Waals surface area (Å²) in [5, 5.41) is 13.3. The van der Waals surface area contributed by atoms with Crippen LogP contribution in [0, 0.1) is 5.82 Å². The van der Waals surface area contributed by atoms with Crippen LogP contribution in [-0.2, 0) is 0 Å². The van der Waals surface area contributed by atoms with Crippen molar-refractivity contribution in [3.63, 3.8) is 0 Å². The third-order valence-corrected chi connectivity index (χ3v) is 3.27. The first-order chi connectivity index (χ1) is 9.30. The van der Waals surface area contributed by atoms with Crippen LogP contribution < -0.4 is 10.2 Å². The maximum Gasteiger partial charge on any atom is 0.130 e. The average Bonchev–Trinajstić information content (AvgIpc) is 2.34. The standard InChI is InChI=1S/C16H27FN2O/c1-6-18-12(3)15-13(17)9-8-10-14(15)19(7-2)11-16(4,5)20/h8-10,12,18,20H,6-7,11H2,1-5H3. The zero-order valence-corrected chi connectivity index (χ0v) is 13.2. The molecule has 0 bridgehead atoms. The van der Waals surface area contributed by atoms with Gasteiger partial charge in [0, 0.05) is 30.4 Å². The predicted molar refractivity (Wildman–Crippen MR) is 82.7 cm³/mol. The molecule has 0 radical (unpaired) electrons. The van der Waals surface area contributed by atoms with Crippen molar-refractivity contribution >= 4 is 5.69 Å². The number of anilines is 1. The molecule has 1 unspecified atom stereocenters. The molecule has 0 saturated carbocycles. The lowest BCUT2D eigenvalue weighted by atomic mass is 10.0. The fourth-order valence-corrected chi connectivity index (χ4v) is 2.47. The molecule has 0 aliphatic rings. The summed E-state index contributed by atoms with van der Waals surface area (Å²) in [6.45, 7) is 11.5. The molecule has 1 aromatic carbocycles. The van der Waals surface area contributed by atoms with Crippen molar-refractivity contribution in [2.75, 3.05) is 24.5 Å². The second kappa shape index (κ2) is 7.04. The summed E-state index contributed by atoms with van der Waals surface area (Å²) < 4.78 is 14.2. The highest BCUT2D eigenvalue weighted by Gasteiger charge is 2.22. The molecule has 0 heterocycles. The van der Waals surface area contributed by atoms with Crippen LogP contribution in [0.15, 0.2) is 18.2 Å². The Bertz CT molecular complexity index is 429. The molecule has 3 nitrogen and oxygen atoms in total. The molecule has 1 aromatic rings. The van der Waals surface area contributed by atoms with Crippen molar-refractivity contribution in [2.24, 2.45) is 0 Å². The van der Waals surface area contributed by atoms with E-state index in [1.807, 2.05) is 31.7 Å². The maximum atomic E-state index is 14.2. The lowest BCUT2D eigenvalue weighted by Gasteiger charge is -2.32. The number of aliphatic hydroxyl groups is 1. The van der Waals surface area contributed by atoms with Gasteiger partial charge in [-0.25, -0.2) is 4.39 Å². The SMILES string of the molecule is CCNC(C)c1c(F)cccc1N(CC)CC(C)(C)O. The van der Waals surface area contributed by atoms with Crippen LogP contribution in [0.1, 0.15) is 46.2 Å². The molecule has 2 N–H and O–H groups in total. The minimum absolute atomic E-state index is 0.0629. The van der Waals surface area contributed by atoms with E-state index < -0.39 is 5.60 Å². The molecule has 114 valence electrons. The van der Waals surface area contributed by atoms with Gasteiger partial charge in [-0.3, -0.25) is 0 Å². The molecule has 4 heteroatoms. The molecule has 0 amide bonds. The molecule has 0 aromatic heterocycles. The van der Waals surface area contributed by atoms with E-state index >= 15 is 0 Å². The number of nitrogens with zero attached hydrogens (tertiary/aromatic N) is 1. The molecule has 20 heavy (non-hydrogen) atoms. The summed E-state index contributed by atoms with van der Waals surface area (Å²) in [4.78, 5) is 2.02. The highest BCUT2D eigenvalue weighted by Crippen LogP contribution is 2.29. The van der Waals surface area contributed by atoms with Gasteiger partial charge >= 0.3 is 0 Å². The van der Waals surface area contributed by atoms with Gasteiger partial charge in [0.25, 0.3) is 0 Å². The minimum Gasteiger partial charge on any atom is -0.389 e. The van der Waals surface area contributed by atoms with E-state index in [0.29, 0.717) is 12.1 Å². The number of hydrogen-bond donors (Lipinski definition) is 2. The van der Waals surface area contributed by atoms with Crippen molar-refractivity contribution in [2.45, 2.75) is 46.3 Å². The van der Waals surface area contributed by atoms with E-state index in [2.05, 4.69) is 5.32 Å². The van der Waals surface area contributed by atoms with E-state index in [1.54, 1.807) is 19.9 Å². The van der Waals surface area contributed by atoms with Gasteiger partial charge < -0.3 is 15.3 Å². The smallest absolute Gasteiger partial charge is 0.130 e. The first kappa shape index (κ1) is 16.9. The van der Waals surface area contributed by atoms with Crippen molar-refractivity contribution in [1.29, 1.82) is 0 Å². The largest absolute Gasteiger partial charge is 0.389 e. The number of likely N-dealkylation sites (N-methyl/N-ethyl adjacent to an activating group) is 1. The van der Waals surface area contributed by atoms with E-state index in [0.717, 1.165) is 18.8 Å². The lowest BCUT2D eigenvalue weighted by molar-refractivity contribution is 0.0875. The Kier molecular flexibility index (Phi) is 5.96. The molecule has 1 atom stereocenters. The third-order valence-electron chi connectivity index (χ3n) is 3.27. The normalized spacial score (nSPS) is 13.3. The molecule has 0 spiro atoms. The van der Waals surface area contributed by atoms with Crippen LogP contribution in [-0.4, -0.2) is 30.3 Å². The summed E-state index contributed by atoms with van der Waals surface area (Å²) in [5.74, 6) is -0.204. The Balaban J connectivity index is 3.18. The van der Waals surface area contributed by atoms with Gasteiger partial charge in [-0.2, -0.15) is 0 Å². The lowest BCUT2D eigenvalue weighted by Crippen LogP contribution is -2.39. The van der Waals surface area contributed by atoms with E-state index in [-0.39, 0.29) is 11.9 Å². The second-order valence-electron chi connectivity index (χ2n) is 5.78. The van der Waals surface area contributed by atoms with Gasteiger partial charge in [0.15, 0.2) is 0 Å². The minimum atomic E-state index is -0.818. The monoisotopic (exact) mass is 282 g/mol. The Morgan fingerprint density at radius 1 is 1.35 bits per heavy atom. The van der Waals surface area contributed by atoms with E-state index in [9.17, 15) is 9.50 Å². The van der Waals surface area contributed by atoms with Crippen LogP contribution in [0.4, 0.5) is 10.1 Å². The Morgan fingerprint density at radius 2 is 2.00 bits per heavy atom. The van der Waals surface area contributed by atoms with E-state index in [1.165, 1.54) is 6.07 Å². The summed E-state index contributed by atoms with van der Waals surface area (Å²) in [7, 11) is 0. The average molecular weight is 282 g/mol. The van der Waals surface area contributed by atoms with Crippen LogP contribution in [0.5, 0.6) is 0 Å². The predicted octanol–water partition coefficient (Wildman–Crippen LogP) is 3.09. The van der Waals surface area contributed by atoms with Crippen LogP contribution in [0.2, 0.25) is 0 Å². The molecule has 1 rings (SSSR count). The zero-order valence-electron chi connectivity index (χ0n) is 13.2. The first-order valence-electron chi connectivity index (χ1n) is 7.29. The van der Waals surface area contributed by atoms with Gasteiger partial charge in [-0.1, -0.05) is 13.0 Å². The maximum absolute atomic E-state index is 14.2. The molecule has 0 fully saturated rings. The van der Waals surface area contributed by atoms with Crippen molar-refractivity contribution < 1.29 is 9.50 Å². The zero-order chi connectivity index (χ0) is 15.3. The highest BCUT2D eigenvalue weighted by molar-refractivity contribution is 5.55. The summed E-state index contributed by atoms with van der Waals surface area (Å²) in [5.41, 5.74) is 0.699. The third kappa shape index (κ3) is 4.46. The molecular formula is C16H27FN2O. The topological polar surface area (TPSA) is 35.5 Å². The Morgan fingerprint density at radius 3 is 2.50 bits per heavy atom. The van der Waals surface area contributed by atoms with Gasteiger partial charge in [0.1, 0.15) is 5.82 Å². The molecular weight excluding hydrogens is 255 g/mol. The van der Waals surface area contributed by atoms with Crippen LogP contribution in [0.3, 0.4) is 0 Å². The summed E-state index contributed by atoms with van der Waals surface area (Å²) in [6.07, 6.45) is 0. The fourth-order valence-electron chi connectivity index (χ4n) is 2.47. The van der Waals surface area contributed by atoms with Crippen LogP contribution >= 0.6 is 0 Å². The first-order valence-corrected chi connectivity index (χ1v) is 7.29. The number of rotatable bonds is 7. The van der Waals surface area contributed by atoms with Gasteiger partial charge in [0.05, 0.1) is 5.60 Å². The van der Waals surface area contributed by atoms with Crippen molar-refractivity contribution in [3.05, 3.63) is 29.6 Å². The Hall–Kier alpha value is -1.13. The molecule has 0 aliphatic carbocycles. The second-order valence-corrected chi connectivity index (χ2v) is 5.78. The highest BCUT2D eigenvalue weighted by atomic mass is 19.1. The van der Waals surface area contributed by atoms with Crippen molar-refractivity contribution in [3.8, 4) is 0 Å². The number of nitrogens with one attached hydrogen (secondary N) is 1. The van der Waals surface area contributed by atoms with Gasteiger partial charge in [-0.15, -0.1) is 0 Å². The fraction of sp³-hybridized carbons (Fsp3) is 0.625. The summed E-state index contributed by atoms with van der Waals surface area (Å²) in [6, 6.07) is 5.07. The van der Waals surface area contributed by atoms with Gasteiger partial charge in [0.2, 0.25) is 0 Å². The number of benzene rings is 1. The Labute approximate surface area is 121 Å².